The van der Waals surface area contributed by atoms with Gasteiger partial charge < -0.3 is 14.4 Å². The molecule has 8 nitrogen and oxygen atoms in total. The summed E-state index contributed by atoms with van der Waals surface area (Å²) in [6, 6.07) is 10.4. The Bertz CT molecular complexity index is 1210. The SMILES string of the molecule is COc1ccc(-c2nc(C)c(C(=O)N(Cc3ccccc3[N+](=O)[O-])CC(F)(F)F)s2)cc1OC. The number of halogens is 3. The van der Waals surface area contributed by atoms with Crippen LogP contribution in [0.15, 0.2) is 42.5 Å². The zero-order valence-corrected chi connectivity index (χ0v) is 19.2. The van der Waals surface area contributed by atoms with E-state index in [4.69, 9.17) is 9.47 Å². The Morgan fingerprint density at radius 3 is 2.44 bits per heavy atom. The summed E-state index contributed by atoms with van der Waals surface area (Å²) >= 11 is 0.929. The monoisotopic (exact) mass is 495 g/mol. The van der Waals surface area contributed by atoms with E-state index in [1.807, 2.05) is 0 Å². The molecule has 1 heterocycles. The molecule has 0 bridgehead atoms. The van der Waals surface area contributed by atoms with Gasteiger partial charge in [-0.2, -0.15) is 13.2 Å². The van der Waals surface area contributed by atoms with Crippen molar-refractivity contribution in [2.75, 3.05) is 20.8 Å². The smallest absolute Gasteiger partial charge is 0.406 e. The number of ether oxygens (including phenoxy) is 2. The van der Waals surface area contributed by atoms with Gasteiger partial charge in [-0.25, -0.2) is 4.98 Å². The van der Waals surface area contributed by atoms with Gasteiger partial charge in [0, 0.05) is 17.2 Å². The summed E-state index contributed by atoms with van der Waals surface area (Å²) in [7, 11) is 2.94. The summed E-state index contributed by atoms with van der Waals surface area (Å²) in [6.07, 6.45) is -4.70. The van der Waals surface area contributed by atoms with Crippen molar-refractivity contribution in [1.82, 2.24) is 9.88 Å². The summed E-state index contributed by atoms with van der Waals surface area (Å²) in [5.41, 5.74) is 0.460. The van der Waals surface area contributed by atoms with E-state index >= 15 is 0 Å². The molecule has 0 atom stereocenters. The molecular formula is C22H20F3N3O5S. The number of methoxy groups -OCH3 is 2. The van der Waals surface area contributed by atoms with Crippen LogP contribution in [0.4, 0.5) is 18.9 Å². The molecule has 0 saturated heterocycles. The number of carbonyl (C=O) groups is 1. The predicted octanol–water partition coefficient (Wildman–Crippen LogP) is 5.25. The van der Waals surface area contributed by atoms with Crippen LogP contribution < -0.4 is 9.47 Å². The number of amides is 1. The van der Waals surface area contributed by atoms with Crippen LogP contribution in [0.1, 0.15) is 20.9 Å². The number of hydrogen-bond acceptors (Lipinski definition) is 7. The van der Waals surface area contributed by atoms with Crippen molar-refractivity contribution in [3.05, 3.63) is 68.7 Å². The molecule has 34 heavy (non-hydrogen) atoms. The van der Waals surface area contributed by atoms with Gasteiger partial charge in [-0.05, 0) is 25.1 Å². The molecule has 0 radical (unpaired) electrons. The first-order valence-electron chi connectivity index (χ1n) is 9.82. The average Bonchev–Trinajstić information content (AvgIpc) is 3.18. The number of carbonyl (C=O) groups excluding carboxylic acids is 1. The second-order valence-electron chi connectivity index (χ2n) is 7.17. The maximum atomic E-state index is 13.3. The lowest BCUT2D eigenvalue weighted by atomic mass is 10.1. The van der Waals surface area contributed by atoms with E-state index in [0.717, 1.165) is 11.3 Å². The Hall–Kier alpha value is -3.67. The zero-order valence-electron chi connectivity index (χ0n) is 18.4. The molecule has 3 rings (SSSR count). The third-order valence-electron chi connectivity index (χ3n) is 4.83. The zero-order chi connectivity index (χ0) is 25.0. The van der Waals surface area contributed by atoms with Crippen molar-refractivity contribution >= 4 is 22.9 Å². The average molecular weight is 495 g/mol. The van der Waals surface area contributed by atoms with E-state index in [1.165, 1.54) is 45.4 Å². The standard InChI is InChI=1S/C22H20F3N3O5S/c1-13-19(34-20(26-13)14-8-9-17(32-2)18(10-14)33-3)21(29)27(12-22(23,24)25)11-15-6-4-5-7-16(15)28(30)31/h4-10H,11-12H2,1-3H3. The Balaban J connectivity index is 1.98. The molecule has 0 N–H and O–H groups in total. The van der Waals surface area contributed by atoms with Crippen LogP contribution in [0.2, 0.25) is 0 Å². The highest BCUT2D eigenvalue weighted by Crippen LogP contribution is 2.36. The number of hydrogen-bond donors (Lipinski definition) is 0. The minimum absolute atomic E-state index is 0.00705. The summed E-state index contributed by atoms with van der Waals surface area (Å²) in [4.78, 5) is 28.7. The normalized spacial score (nSPS) is 11.2. The lowest BCUT2D eigenvalue weighted by molar-refractivity contribution is -0.385. The lowest BCUT2D eigenvalue weighted by Crippen LogP contribution is -2.38. The first-order valence-corrected chi connectivity index (χ1v) is 10.6. The van der Waals surface area contributed by atoms with Crippen molar-refractivity contribution in [1.29, 1.82) is 0 Å². The Kier molecular flexibility index (Phi) is 7.40. The minimum Gasteiger partial charge on any atom is -0.493 e. The van der Waals surface area contributed by atoms with Crippen LogP contribution in [-0.4, -0.2) is 47.7 Å². The van der Waals surface area contributed by atoms with E-state index in [1.54, 1.807) is 18.2 Å². The summed E-state index contributed by atoms with van der Waals surface area (Å²) in [5.74, 6) is -0.00958. The van der Waals surface area contributed by atoms with Gasteiger partial charge in [0.25, 0.3) is 11.6 Å². The largest absolute Gasteiger partial charge is 0.493 e. The molecular weight excluding hydrogens is 475 g/mol. The van der Waals surface area contributed by atoms with Crippen molar-refractivity contribution in [3.63, 3.8) is 0 Å². The number of alkyl halides is 3. The fraction of sp³-hybridized carbons (Fsp3) is 0.273. The highest BCUT2D eigenvalue weighted by atomic mass is 32.1. The van der Waals surface area contributed by atoms with Gasteiger partial charge in [0.1, 0.15) is 16.4 Å². The molecule has 1 aromatic heterocycles. The van der Waals surface area contributed by atoms with Gasteiger partial charge in [-0.3, -0.25) is 14.9 Å². The number of rotatable bonds is 8. The van der Waals surface area contributed by atoms with Crippen LogP contribution in [-0.2, 0) is 6.54 Å². The molecule has 0 aliphatic rings. The van der Waals surface area contributed by atoms with E-state index in [9.17, 15) is 28.1 Å². The highest BCUT2D eigenvalue weighted by Gasteiger charge is 2.35. The van der Waals surface area contributed by atoms with Gasteiger partial charge in [0.05, 0.1) is 31.4 Å². The molecule has 0 aliphatic heterocycles. The number of nitro benzene ring substituents is 1. The number of benzene rings is 2. The maximum Gasteiger partial charge on any atom is 0.406 e. The van der Waals surface area contributed by atoms with Crippen LogP contribution in [0.5, 0.6) is 11.5 Å². The van der Waals surface area contributed by atoms with Crippen molar-refractivity contribution in [3.8, 4) is 22.1 Å². The number of thiazole rings is 1. The molecule has 12 heteroatoms. The maximum absolute atomic E-state index is 13.3. The van der Waals surface area contributed by atoms with Crippen LogP contribution >= 0.6 is 11.3 Å². The van der Waals surface area contributed by atoms with E-state index < -0.39 is 30.1 Å². The molecule has 1 amide bonds. The molecule has 0 saturated carbocycles. The van der Waals surface area contributed by atoms with Crippen LogP contribution in [0.3, 0.4) is 0 Å². The quantitative estimate of drug-likeness (QED) is 0.313. The number of nitro groups is 1. The number of aromatic nitrogens is 1. The molecule has 0 aliphatic carbocycles. The lowest BCUT2D eigenvalue weighted by Gasteiger charge is -2.23. The summed E-state index contributed by atoms with van der Waals surface area (Å²) in [5, 5.41) is 11.7. The first-order chi connectivity index (χ1) is 16.0. The van der Waals surface area contributed by atoms with E-state index in [0.29, 0.717) is 27.0 Å². The fourth-order valence-electron chi connectivity index (χ4n) is 3.28. The number of nitrogens with zero attached hydrogens (tertiary/aromatic N) is 3. The van der Waals surface area contributed by atoms with Gasteiger partial charge >= 0.3 is 6.18 Å². The van der Waals surface area contributed by atoms with Crippen LogP contribution in [0.25, 0.3) is 10.6 Å². The number of para-hydroxylation sites is 1. The van der Waals surface area contributed by atoms with Crippen molar-refractivity contribution in [2.45, 2.75) is 19.6 Å². The summed E-state index contributed by atoms with van der Waals surface area (Å²) in [6.45, 7) is -0.635. The van der Waals surface area contributed by atoms with Crippen LogP contribution in [0, 0.1) is 17.0 Å². The Morgan fingerprint density at radius 2 is 1.82 bits per heavy atom. The van der Waals surface area contributed by atoms with Crippen molar-refractivity contribution in [2.24, 2.45) is 0 Å². The molecule has 3 aromatic rings. The third kappa shape index (κ3) is 5.63. The minimum atomic E-state index is -4.70. The van der Waals surface area contributed by atoms with E-state index in [-0.39, 0.29) is 21.8 Å². The second-order valence-corrected chi connectivity index (χ2v) is 8.16. The fourth-order valence-corrected chi connectivity index (χ4v) is 4.31. The molecule has 180 valence electrons. The van der Waals surface area contributed by atoms with Gasteiger partial charge in [0.2, 0.25) is 0 Å². The topological polar surface area (TPSA) is 94.8 Å². The Morgan fingerprint density at radius 1 is 1.15 bits per heavy atom. The summed E-state index contributed by atoms with van der Waals surface area (Å²) < 4.78 is 50.4. The predicted molar refractivity (Wildman–Crippen MR) is 119 cm³/mol. The van der Waals surface area contributed by atoms with Gasteiger partial charge in [-0.15, -0.1) is 11.3 Å². The van der Waals surface area contributed by atoms with E-state index in [2.05, 4.69) is 4.98 Å². The van der Waals surface area contributed by atoms with Gasteiger partial charge in [-0.1, -0.05) is 18.2 Å². The number of aryl methyl sites for hydroxylation is 1. The highest BCUT2D eigenvalue weighted by molar-refractivity contribution is 7.17. The molecule has 2 aromatic carbocycles. The first kappa shape index (κ1) is 25.0. The van der Waals surface area contributed by atoms with Gasteiger partial charge in [0.15, 0.2) is 11.5 Å². The Labute approximate surface area is 196 Å². The molecule has 0 fully saturated rings. The molecule has 0 unspecified atom stereocenters. The third-order valence-corrected chi connectivity index (χ3v) is 6.02. The molecule has 0 spiro atoms. The second kappa shape index (κ2) is 10.1. The van der Waals surface area contributed by atoms with Crippen molar-refractivity contribution < 1.29 is 32.4 Å².